The van der Waals surface area contributed by atoms with Crippen molar-refractivity contribution in [2.45, 2.75) is 31.6 Å². The lowest BCUT2D eigenvalue weighted by Crippen LogP contribution is -2.37. The summed E-state index contributed by atoms with van der Waals surface area (Å²) in [6.07, 6.45) is 1.01. The van der Waals surface area contributed by atoms with E-state index in [1.54, 1.807) is 6.92 Å². The van der Waals surface area contributed by atoms with E-state index in [1.807, 2.05) is 47.2 Å². The summed E-state index contributed by atoms with van der Waals surface area (Å²) in [7, 11) is 0. The van der Waals surface area contributed by atoms with Crippen molar-refractivity contribution in [3.8, 4) is 0 Å². The maximum absolute atomic E-state index is 14.2. The van der Waals surface area contributed by atoms with E-state index in [-0.39, 0.29) is 17.4 Å². The number of amides is 1. The molecule has 0 fully saturated rings. The van der Waals surface area contributed by atoms with Crippen molar-refractivity contribution >= 4 is 28.7 Å². The molecule has 2 atom stereocenters. The quantitative estimate of drug-likeness (QED) is 0.484. The molecule has 172 valence electrons. The summed E-state index contributed by atoms with van der Waals surface area (Å²) >= 11 is 1.48. The van der Waals surface area contributed by atoms with Crippen LogP contribution in [0.4, 0.5) is 14.5 Å². The number of carbonyl (C=O) groups excluding carboxylic acids is 2. The molecule has 1 amide bonds. The highest BCUT2D eigenvalue weighted by molar-refractivity contribution is 7.08. The predicted octanol–water partition coefficient (Wildman–Crippen LogP) is 6.03. The number of halogens is 2. The lowest BCUT2D eigenvalue weighted by Gasteiger charge is -2.36. The first-order chi connectivity index (χ1) is 16.4. The van der Waals surface area contributed by atoms with Crippen LogP contribution in [0.1, 0.15) is 42.7 Å². The van der Waals surface area contributed by atoms with E-state index in [0.29, 0.717) is 29.7 Å². The third-order valence-corrected chi connectivity index (χ3v) is 7.10. The minimum absolute atomic E-state index is 0.00966. The molecule has 2 aromatic carbocycles. The maximum Gasteiger partial charge on any atom is 0.254 e. The minimum Gasteiger partial charge on any atom is -0.362 e. The summed E-state index contributed by atoms with van der Waals surface area (Å²) in [6.45, 7) is 1.79. The zero-order chi connectivity index (χ0) is 23.8. The Bertz CT molecular complexity index is 1330. The number of hydrogen-bond donors (Lipinski definition) is 2. The normalized spacial score (nSPS) is 20.1. The van der Waals surface area contributed by atoms with Gasteiger partial charge >= 0.3 is 0 Å². The fraction of sp³-hybridized carbons (Fsp3) is 0.185. The van der Waals surface area contributed by atoms with Gasteiger partial charge in [0.2, 0.25) is 0 Å². The van der Waals surface area contributed by atoms with Crippen LogP contribution in [-0.4, -0.2) is 11.7 Å². The molecule has 7 heteroatoms. The Morgan fingerprint density at radius 3 is 2.56 bits per heavy atom. The fourth-order valence-electron chi connectivity index (χ4n) is 4.85. The molecule has 0 bridgehead atoms. The molecule has 0 saturated heterocycles. The standard InChI is InChI=1S/C27H22F2N2O2S/c1-15-24(27(33)31-21-8-7-19(28)13-20(21)29)25(17-9-10-34-14-17)26-22(30-15)11-18(12-23(26)32)16-5-3-2-4-6-16/h2-10,13-14,18,25,30H,11-12H2,1H3,(H,31,33)/t18-,25+/m0/s1. The second-order valence-electron chi connectivity index (χ2n) is 8.56. The Morgan fingerprint density at radius 2 is 1.85 bits per heavy atom. The average molecular weight is 477 g/mol. The van der Waals surface area contributed by atoms with Crippen molar-refractivity contribution in [1.29, 1.82) is 0 Å². The van der Waals surface area contributed by atoms with E-state index in [2.05, 4.69) is 10.6 Å². The van der Waals surface area contributed by atoms with Gasteiger partial charge in [-0.3, -0.25) is 9.59 Å². The van der Waals surface area contributed by atoms with E-state index in [1.165, 1.54) is 17.4 Å². The number of hydrogen-bond acceptors (Lipinski definition) is 4. The third kappa shape index (κ3) is 4.07. The number of allylic oxidation sites excluding steroid dienone is 3. The van der Waals surface area contributed by atoms with Gasteiger partial charge in [0.15, 0.2) is 5.78 Å². The fourth-order valence-corrected chi connectivity index (χ4v) is 5.54. The van der Waals surface area contributed by atoms with Gasteiger partial charge in [-0.15, -0.1) is 0 Å². The lowest BCUT2D eigenvalue weighted by molar-refractivity contribution is -0.116. The summed E-state index contributed by atoms with van der Waals surface area (Å²) in [5, 5.41) is 9.71. The summed E-state index contributed by atoms with van der Waals surface area (Å²) in [4.78, 5) is 26.9. The van der Waals surface area contributed by atoms with Gasteiger partial charge in [0.1, 0.15) is 11.6 Å². The van der Waals surface area contributed by atoms with Crippen LogP contribution < -0.4 is 10.6 Å². The molecule has 2 N–H and O–H groups in total. The zero-order valence-electron chi connectivity index (χ0n) is 18.4. The first-order valence-corrected chi connectivity index (χ1v) is 11.9. The molecule has 5 rings (SSSR count). The summed E-state index contributed by atoms with van der Waals surface area (Å²) in [5.41, 5.74) is 4.20. The van der Waals surface area contributed by atoms with Crippen LogP contribution in [0, 0.1) is 11.6 Å². The smallest absolute Gasteiger partial charge is 0.254 e. The molecule has 34 heavy (non-hydrogen) atoms. The van der Waals surface area contributed by atoms with Crippen molar-refractivity contribution in [3.05, 3.63) is 111 Å². The molecule has 1 aliphatic carbocycles. The average Bonchev–Trinajstić information content (AvgIpc) is 3.35. The Hall–Kier alpha value is -3.58. The molecule has 2 heterocycles. The largest absolute Gasteiger partial charge is 0.362 e. The second-order valence-corrected chi connectivity index (χ2v) is 9.34. The summed E-state index contributed by atoms with van der Waals surface area (Å²) < 4.78 is 27.6. The van der Waals surface area contributed by atoms with Crippen molar-refractivity contribution in [1.82, 2.24) is 5.32 Å². The van der Waals surface area contributed by atoms with Crippen LogP contribution in [0.2, 0.25) is 0 Å². The van der Waals surface area contributed by atoms with Gasteiger partial charge in [-0.25, -0.2) is 8.78 Å². The third-order valence-electron chi connectivity index (χ3n) is 6.40. The molecule has 2 aliphatic rings. The number of carbonyl (C=O) groups is 2. The monoisotopic (exact) mass is 476 g/mol. The van der Waals surface area contributed by atoms with Gasteiger partial charge < -0.3 is 10.6 Å². The number of rotatable bonds is 4. The molecule has 4 nitrogen and oxygen atoms in total. The molecule has 1 aliphatic heterocycles. The number of anilines is 1. The zero-order valence-corrected chi connectivity index (χ0v) is 19.2. The number of nitrogens with one attached hydrogen (secondary N) is 2. The first-order valence-electron chi connectivity index (χ1n) is 11.0. The van der Waals surface area contributed by atoms with Crippen LogP contribution in [0.25, 0.3) is 0 Å². The number of Topliss-reactive ketones (excluding diaryl/α,β-unsaturated/α-hetero) is 1. The van der Waals surface area contributed by atoms with Gasteiger partial charge in [0, 0.05) is 40.9 Å². The van der Waals surface area contributed by atoms with Crippen LogP contribution in [0.5, 0.6) is 0 Å². The van der Waals surface area contributed by atoms with Crippen molar-refractivity contribution in [3.63, 3.8) is 0 Å². The highest BCUT2D eigenvalue weighted by Crippen LogP contribution is 2.46. The van der Waals surface area contributed by atoms with E-state index in [4.69, 9.17) is 0 Å². The molecule has 0 unspecified atom stereocenters. The lowest BCUT2D eigenvalue weighted by atomic mass is 9.72. The summed E-state index contributed by atoms with van der Waals surface area (Å²) in [5.74, 6) is -2.63. The van der Waals surface area contributed by atoms with Crippen molar-refractivity contribution in [2.75, 3.05) is 5.32 Å². The van der Waals surface area contributed by atoms with Crippen LogP contribution >= 0.6 is 11.3 Å². The van der Waals surface area contributed by atoms with Crippen LogP contribution in [0.15, 0.2) is 87.9 Å². The molecule has 3 aromatic rings. The minimum atomic E-state index is -0.859. The molecular formula is C27H22F2N2O2S. The van der Waals surface area contributed by atoms with E-state index >= 15 is 0 Å². The van der Waals surface area contributed by atoms with Gasteiger partial charge in [-0.05, 0) is 59.3 Å². The maximum atomic E-state index is 14.2. The molecular weight excluding hydrogens is 454 g/mol. The van der Waals surface area contributed by atoms with Crippen molar-refractivity contribution < 1.29 is 18.4 Å². The Balaban J connectivity index is 1.53. The number of benzene rings is 2. The van der Waals surface area contributed by atoms with Gasteiger partial charge in [0.25, 0.3) is 5.91 Å². The molecule has 0 spiro atoms. The van der Waals surface area contributed by atoms with Gasteiger partial charge in [-0.2, -0.15) is 11.3 Å². The van der Waals surface area contributed by atoms with Crippen LogP contribution in [-0.2, 0) is 9.59 Å². The second kappa shape index (κ2) is 8.99. The SMILES string of the molecule is CC1=C(C(=O)Nc2ccc(F)cc2F)[C@@H](c2ccsc2)C2=C(C[C@H](c3ccccc3)CC2=O)N1. The highest BCUT2D eigenvalue weighted by Gasteiger charge is 2.41. The van der Waals surface area contributed by atoms with Gasteiger partial charge in [0.05, 0.1) is 5.69 Å². The van der Waals surface area contributed by atoms with E-state index in [0.717, 1.165) is 29.0 Å². The molecule has 0 radical (unpaired) electrons. The number of ketones is 1. The van der Waals surface area contributed by atoms with E-state index in [9.17, 15) is 18.4 Å². The Kier molecular flexibility index (Phi) is 5.87. The Morgan fingerprint density at radius 1 is 1.06 bits per heavy atom. The number of thiophene rings is 1. The summed E-state index contributed by atoms with van der Waals surface area (Å²) in [6, 6.07) is 14.8. The highest BCUT2D eigenvalue weighted by atomic mass is 32.1. The Labute approximate surface area is 200 Å². The van der Waals surface area contributed by atoms with E-state index < -0.39 is 23.5 Å². The molecule has 1 aromatic heterocycles. The van der Waals surface area contributed by atoms with Crippen LogP contribution in [0.3, 0.4) is 0 Å². The van der Waals surface area contributed by atoms with Crippen molar-refractivity contribution in [2.24, 2.45) is 0 Å². The first kappa shape index (κ1) is 22.2. The predicted molar refractivity (Wildman–Crippen MR) is 128 cm³/mol. The topological polar surface area (TPSA) is 58.2 Å². The molecule has 0 saturated carbocycles. The number of dihydropyridines is 1. The van der Waals surface area contributed by atoms with Gasteiger partial charge in [-0.1, -0.05) is 30.3 Å².